The minimum Gasteiger partial charge on any atom is -0.506 e. The summed E-state index contributed by atoms with van der Waals surface area (Å²) in [5.74, 6) is 0.275. The van der Waals surface area contributed by atoms with Gasteiger partial charge in [-0.2, -0.15) is 0 Å². The van der Waals surface area contributed by atoms with Crippen molar-refractivity contribution in [3.05, 3.63) is 23.5 Å². The molecule has 1 rings (SSSR count). The summed E-state index contributed by atoms with van der Waals surface area (Å²) in [5.41, 5.74) is 7.57. The zero-order valence-corrected chi connectivity index (χ0v) is 12.6. The molecule has 0 atom stereocenters. The van der Waals surface area contributed by atoms with Gasteiger partial charge in [0.15, 0.2) is 0 Å². The van der Waals surface area contributed by atoms with Crippen molar-refractivity contribution >= 4 is 0 Å². The lowest BCUT2D eigenvalue weighted by molar-refractivity contribution is 0.172. The first-order chi connectivity index (χ1) is 8.88. The average molecular weight is 265 g/mol. The van der Waals surface area contributed by atoms with Crippen LogP contribution in [-0.4, -0.2) is 34.6 Å². The van der Waals surface area contributed by atoms with Crippen molar-refractivity contribution in [3.8, 4) is 5.75 Å². The van der Waals surface area contributed by atoms with E-state index in [0.29, 0.717) is 13.1 Å². The van der Waals surface area contributed by atoms with Crippen LogP contribution in [-0.2, 0) is 6.54 Å². The van der Waals surface area contributed by atoms with Crippen LogP contribution in [0.4, 0.5) is 0 Å². The molecule has 108 valence electrons. The zero-order valence-electron chi connectivity index (χ0n) is 12.6. The van der Waals surface area contributed by atoms with Gasteiger partial charge in [-0.25, -0.2) is 0 Å². The smallest absolute Gasteiger partial charge is 0.138 e. The van der Waals surface area contributed by atoms with Gasteiger partial charge in [0.2, 0.25) is 0 Å². The van der Waals surface area contributed by atoms with Crippen molar-refractivity contribution in [2.45, 2.75) is 40.7 Å². The quantitative estimate of drug-likeness (QED) is 0.794. The van der Waals surface area contributed by atoms with E-state index in [1.165, 1.54) is 0 Å². The van der Waals surface area contributed by atoms with Crippen molar-refractivity contribution < 1.29 is 5.11 Å². The number of pyridine rings is 1. The molecule has 0 fully saturated rings. The fraction of sp³-hybridized carbons (Fsp3) is 0.667. The van der Waals surface area contributed by atoms with Crippen LogP contribution < -0.4 is 5.73 Å². The van der Waals surface area contributed by atoms with Crippen LogP contribution in [0, 0.1) is 12.3 Å². The molecule has 0 saturated heterocycles. The minimum atomic E-state index is 0.0780. The maximum Gasteiger partial charge on any atom is 0.138 e. The zero-order chi connectivity index (χ0) is 14.5. The number of hydrogen-bond donors (Lipinski definition) is 2. The van der Waals surface area contributed by atoms with Crippen LogP contribution in [0.25, 0.3) is 0 Å². The summed E-state index contributed by atoms with van der Waals surface area (Å²) >= 11 is 0. The van der Waals surface area contributed by atoms with Gasteiger partial charge in [-0.1, -0.05) is 20.8 Å². The molecule has 0 unspecified atom stereocenters. The molecule has 1 aromatic rings. The number of nitrogens with two attached hydrogens (primary N) is 1. The topological polar surface area (TPSA) is 62.4 Å². The largest absolute Gasteiger partial charge is 0.506 e. The van der Waals surface area contributed by atoms with E-state index >= 15 is 0 Å². The standard InChI is InChI=1S/C15H27N3O/c1-5-8-18(11-15(3,4)10-16)9-13-14(19)7-6-12(2)17-13/h6-7,19H,5,8-11,16H2,1-4H3. The molecule has 0 radical (unpaired) electrons. The highest BCUT2D eigenvalue weighted by molar-refractivity contribution is 5.27. The van der Waals surface area contributed by atoms with Crippen molar-refractivity contribution in [2.75, 3.05) is 19.6 Å². The van der Waals surface area contributed by atoms with E-state index in [-0.39, 0.29) is 11.2 Å². The van der Waals surface area contributed by atoms with Crippen LogP contribution in [0.15, 0.2) is 12.1 Å². The van der Waals surface area contributed by atoms with E-state index in [1.54, 1.807) is 6.07 Å². The summed E-state index contributed by atoms with van der Waals surface area (Å²) in [5, 5.41) is 9.89. The molecule has 4 nitrogen and oxygen atoms in total. The molecule has 0 aliphatic heterocycles. The Kier molecular flexibility index (Phi) is 5.76. The predicted molar refractivity (Wildman–Crippen MR) is 79.0 cm³/mol. The van der Waals surface area contributed by atoms with Gasteiger partial charge in [0.05, 0.1) is 5.69 Å². The van der Waals surface area contributed by atoms with Crippen LogP contribution >= 0.6 is 0 Å². The van der Waals surface area contributed by atoms with Crippen LogP contribution in [0.5, 0.6) is 5.75 Å². The number of aryl methyl sites for hydroxylation is 1. The first kappa shape index (κ1) is 15.9. The summed E-state index contributed by atoms with van der Waals surface area (Å²) in [6.07, 6.45) is 1.08. The van der Waals surface area contributed by atoms with Gasteiger partial charge in [-0.3, -0.25) is 9.88 Å². The third-order valence-electron chi connectivity index (χ3n) is 3.21. The van der Waals surface area contributed by atoms with E-state index in [0.717, 1.165) is 30.9 Å². The SMILES string of the molecule is CCCN(Cc1nc(C)ccc1O)CC(C)(C)CN. The lowest BCUT2D eigenvalue weighted by Crippen LogP contribution is -2.39. The fourth-order valence-electron chi connectivity index (χ4n) is 2.13. The van der Waals surface area contributed by atoms with E-state index in [2.05, 4.69) is 30.7 Å². The van der Waals surface area contributed by atoms with Gasteiger partial charge in [-0.05, 0) is 44.0 Å². The van der Waals surface area contributed by atoms with E-state index in [1.807, 2.05) is 13.0 Å². The van der Waals surface area contributed by atoms with Crippen LogP contribution in [0.3, 0.4) is 0 Å². The number of aromatic nitrogens is 1. The van der Waals surface area contributed by atoms with Crippen molar-refractivity contribution in [2.24, 2.45) is 11.1 Å². The molecule has 1 aromatic heterocycles. The highest BCUT2D eigenvalue weighted by Gasteiger charge is 2.21. The Labute approximate surface area is 116 Å². The van der Waals surface area contributed by atoms with Gasteiger partial charge in [-0.15, -0.1) is 0 Å². The monoisotopic (exact) mass is 265 g/mol. The predicted octanol–water partition coefficient (Wildman–Crippen LogP) is 2.29. The molecule has 19 heavy (non-hydrogen) atoms. The third-order valence-corrected chi connectivity index (χ3v) is 3.21. The maximum atomic E-state index is 9.89. The number of nitrogens with zero attached hydrogens (tertiary/aromatic N) is 2. The first-order valence-electron chi connectivity index (χ1n) is 6.96. The summed E-state index contributed by atoms with van der Waals surface area (Å²) in [6, 6.07) is 3.54. The normalized spacial score (nSPS) is 12.1. The molecular formula is C15H27N3O. The van der Waals surface area contributed by atoms with E-state index in [4.69, 9.17) is 5.73 Å². The Morgan fingerprint density at radius 1 is 1.37 bits per heavy atom. The number of aromatic hydroxyl groups is 1. The first-order valence-corrected chi connectivity index (χ1v) is 6.96. The summed E-state index contributed by atoms with van der Waals surface area (Å²) in [6.45, 7) is 11.7. The van der Waals surface area contributed by atoms with Crippen molar-refractivity contribution in [3.63, 3.8) is 0 Å². The summed E-state index contributed by atoms with van der Waals surface area (Å²) in [4.78, 5) is 6.74. The summed E-state index contributed by atoms with van der Waals surface area (Å²) in [7, 11) is 0. The molecule has 0 spiro atoms. The number of hydrogen-bond acceptors (Lipinski definition) is 4. The highest BCUT2D eigenvalue weighted by atomic mass is 16.3. The Hall–Kier alpha value is -1.13. The van der Waals surface area contributed by atoms with Crippen LogP contribution in [0.1, 0.15) is 38.6 Å². The molecule has 0 aliphatic carbocycles. The molecule has 0 aromatic carbocycles. The molecule has 0 bridgehead atoms. The van der Waals surface area contributed by atoms with Gasteiger partial charge < -0.3 is 10.8 Å². The Morgan fingerprint density at radius 3 is 2.63 bits per heavy atom. The molecule has 1 heterocycles. The van der Waals surface area contributed by atoms with Gasteiger partial charge in [0.1, 0.15) is 5.75 Å². The lowest BCUT2D eigenvalue weighted by atomic mass is 9.93. The van der Waals surface area contributed by atoms with Crippen molar-refractivity contribution in [1.29, 1.82) is 0 Å². The lowest BCUT2D eigenvalue weighted by Gasteiger charge is -2.31. The third kappa shape index (κ3) is 5.17. The Morgan fingerprint density at radius 2 is 2.05 bits per heavy atom. The summed E-state index contributed by atoms with van der Waals surface area (Å²) < 4.78 is 0. The minimum absolute atomic E-state index is 0.0780. The fourth-order valence-corrected chi connectivity index (χ4v) is 2.13. The van der Waals surface area contributed by atoms with Crippen molar-refractivity contribution in [1.82, 2.24) is 9.88 Å². The molecular weight excluding hydrogens is 238 g/mol. The maximum absolute atomic E-state index is 9.89. The van der Waals surface area contributed by atoms with E-state index in [9.17, 15) is 5.11 Å². The number of rotatable bonds is 7. The van der Waals surface area contributed by atoms with Crippen LogP contribution in [0.2, 0.25) is 0 Å². The molecule has 0 amide bonds. The molecule has 0 saturated carbocycles. The average Bonchev–Trinajstić information content (AvgIpc) is 2.34. The molecule has 0 aliphatic rings. The Balaban J connectivity index is 2.80. The highest BCUT2D eigenvalue weighted by Crippen LogP contribution is 2.20. The second-order valence-corrected chi connectivity index (χ2v) is 6.00. The second-order valence-electron chi connectivity index (χ2n) is 6.00. The van der Waals surface area contributed by atoms with Gasteiger partial charge in [0.25, 0.3) is 0 Å². The van der Waals surface area contributed by atoms with E-state index < -0.39 is 0 Å². The second kappa shape index (κ2) is 6.87. The van der Waals surface area contributed by atoms with Gasteiger partial charge >= 0.3 is 0 Å². The van der Waals surface area contributed by atoms with Gasteiger partial charge in [0, 0.05) is 18.8 Å². The Bertz CT molecular complexity index is 404. The molecule has 3 N–H and O–H groups in total. The molecule has 4 heteroatoms.